The van der Waals surface area contributed by atoms with E-state index in [1.165, 1.54) is 5.69 Å². The van der Waals surface area contributed by atoms with Gasteiger partial charge in [0.2, 0.25) is 0 Å². The van der Waals surface area contributed by atoms with Crippen LogP contribution < -0.4 is 9.64 Å². The van der Waals surface area contributed by atoms with E-state index in [1.807, 2.05) is 12.1 Å². The molecule has 0 aliphatic carbocycles. The van der Waals surface area contributed by atoms with Crippen molar-refractivity contribution in [1.29, 1.82) is 0 Å². The summed E-state index contributed by atoms with van der Waals surface area (Å²) in [6.45, 7) is 7.90. The molecule has 0 fully saturated rings. The first-order chi connectivity index (χ1) is 8.38. The monoisotopic (exact) mass is 313 g/mol. The van der Waals surface area contributed by atoms with Crippen LogP contribution in [0.5, 0.6) is 5.75 Å². The fourth-order valence-electron chi connectivity index (χ4n) is 1.84. The average molecular weight is 314 g/mol. The molecule has 0 saturated carbocycles. The lowest BCUT2D eigenvalue weighted by molar-refractivity contribution is 0.273. The van der Waals surface area contributed by atoms with Crippen LogP contribution in [0.25, 0.3) is 0 Å². The van der Waals surface area contributed by atoms with E-state index in [1.54, 1.807) is 7.11 Å². The summed E-state index contributed by atoms with van der Waals surface area (Å²) in [7, 11) is 3.84. The number of rotatable bonds is 5. The second kappa shape index (κ2) is 6.46. The summed E-state index contributed by atoms with van der Waals surface area (Å²) < 4.78 is 5.27. The summed E-state index contributed by atoms with van der Waals surface area (Å²) >= 11 is 3.63. The fourth-order valence-corrected chi connectivity index (χ4v) is 3.01. The second-order valence-corrected chi connectivity index (χ2v) is 6.45. The molecule has 0 heterocycles. The van der Waals surface area contributed by atoms with Crippen LogP contribution in [-0.2, 0) is 0 Å². The lowest BCUT2D eigenvalue weighted by Crippen LogP contribution is -2.34. The van der Waals surface area contributed by atoms with Crippen LogP contribution in [0.4, 0.5) is 5.69 Å². The molecule has 0 aromatic heterocycles. The van der Waals surface area contributed by atoms with Crippen LogP contribution in [0, 0.1) is 11.3 Å². The van der Waals surface area contributed by atoms with E-state index in [4.69, 9.17) is 4.74 Å². The molecule has 3 heteroatoms. The second-order valence-electron chi connectivity index (χ2n) is 5.80. The van der Waals surface area contributed by atoms with Crippen LogP contribution in [-0.4, -0.2) is 26.0 Å². The predicted molar refractivity (Wildman–Crippen MR) is 83.0 cm³/mol. The van der Waals surface area contributed by atoms with Gasteiger partial charge in [-0.3, -0.25) is 0 Å². The Kier molecular flexibility index (Phi) is 5.51. The van der Waals surface area contributed by atoms with Crippen LogP contribution in [0.1, 0.15) is 20.8 Å². The highest BCUT2D eigenvalue weighted by Crippen LogP contribution is 2.30. The lowest BCUT2D eigenvalue weighted by Gasteiger charge is -2.33. The van der Waals surface area contributed by atoms with Gasteiger partial charge in [0.1, 0.15) is 5.75 Å². The van der Waals surface area contributed by atoms with Gasteiger partial charge in [-0.15, -0.1) is 0 Å². The number of hydrogen-bond donors (Lipinski definition) is 0. The van der Waals surface area contributed by atoms with Gasteiger partial charge >= 0.3 is 0 Å². The fraction of sp³-hybridized carbons (Fsp3) is 0.600. The summed E-state index contributed by atoms with van der Waals surface area (Å²) in [6.07, 6.45) is 0. The molecule has 0 saturated heterocycles. The Morgan fingerprint density at radius 1 is 1.33 bits per heavy atom. The topological polar surface area (TPSA) is 12.5 Å². The molecule has 0 aliphatic heterocycles. The summed E-state index contributed by atoms with van der Waals surface area (Å²) in [6, 6.07) is 8.21. The van der Waals surface area contributed by atoms with E-state index in [0.717, 1.165) is 17.6 Å². The van der Waals surface area contributed by atoms with Crippen LogP contribution in [0.15, 0.2) is 24.3 Å². The normalized spacial score (nSPS) is 13.2. The molecule has 1 aromatic carbocycles. The first-order valence-electron chi connectivity index (χ1n) is 6.29. The molecule has 1 rings (SSSR count). The van der Waals surface area contributed by atoms with Crippen molar-refractivity contribution in [3.8, 4) is 5.75 Å². The minimum atomic E-state index is 0.302. The number of halogens is 1. The molecule has 1 unspecified atom stereocenters. The molecular formula is C15H24BrNO. The van der Waals surface area contributed by atoms with E-state index < -0.39 is 0 Å². The molecule has 2 nitrogen and oxygen atoms in total. The Hall–Kier alpha value is -0.700. The Morgan fingerprint density at radius 2 is 2.00 bits per heavy atom. The van der Waals surface area contributed by atoms with E-state index in [9.17, 15) is 0 Å². The Bertz CT molecular complexity index is 373. The van der Waals surface area contributed by atoms with Crippen LogP contribution in [0.3, 0.4) is 0 Å². The molecular weight excluding hydrogens is 290 g/mol. The number of benzene rings is 1. The van der Waals surface area contributed by atoms with Crippen molar-refractivity contribution in [3.05, 3.63) is 24.3 Å². The quantitative estimate of drug-likeness (QED) is 0.756. The summed E-state index contributed by atoms with van der Waals surface area (Å²) in [4.78, 5) is 2.29. The predicted octanol–water partition coefficient (Wildman–Crippen LogP) is 4.19. The van der Waals surface area contributed by atoms with E-state index >= 15 is 0 Å². The van der Waals surface area contributed by atoms with Crippen molar-refractivity contribution in [2.75, 3.05) is 30.9 Å². The number of anilines is 1. The molecule has 0 bridgehead atoms. The van der Waals surface area contributed by atoms with Crippen molar-refractivity contribution in [3.63, 3.8) is 0 Å². The highest BCUT2D eigenvalue weighted by Gasteiger charge is 2.24. The van der Waals surface area contributed by atoms with Crippen molar-refractivity contribution in [1.82, 2.24) is 0 Å². The van der Waals surface area contributed by atoms with Gasteiger partial charge < -0.3 is 9.64 Å². The number of hydrogen-bond acceptors (Lipinski definition) is 2. The molecule has 0 amide bonds. The van der Waals surface area contributed by atoms with Crippen molar-refractivity contribution < 1.29 is 4.74 Å². The van der Waals surface area contributed by atoms with Gasteiger partial charge in [-0.2, -0.15) is 0 Å². The highest BCUT2D eigenvalue weighted by molar-refractivity contribution is 9.09. The third-order valence-electron chi connectivity index (χ3n) is 3.40. The first-order valence-corrected chi connectivity index (χ1v) is 7.41. The third-order valence-corrected chi connectivity index (χ3v) is 4.18. The maximum absolute atomic E-state index is 5.27. The average Bonchev–Trinajstić information content (AvgIpc) is 2.34. The molecule has 0 aliphatic rings. The van der Waals surface area contributed by atoms with E-state index in [2.05, 4.69) is 60.8 Å². The maximum Gasteiger partial charge on any atom is 0.120 e. The van der Waals surface area contributed by atoms with Gasteiger partial charge in [0.25, 0.3) is 0 Å². The Morgan fingerprint density at radius 3 is 2.50 bits per heavy atom. The van der Waals surface area contributed by atoms with Gasteiger partial charge in [0.15, 0.2) is 0 Å². The van der Waals surface area contributed by atoms with Crippen molar-refractivity contribution in [2.24, 2.45) is 11.3 Å². The molecule has 1 aromatic rings. The number of nitrogens with zero attached hydrogens (tertiary/aromatic N) is 1. The van der Waals surface area contributed by atoms with Crippen LogP contribution in [0.2, 0.25) is 0 Å². The largest absolute Gasteiger partial charge is 0.497 e. The first kappa shape index (κ1) is 15.4. The summed E-state index contributed by atoms with van der Waals surface area (Å²) in [5, 5.41) is 1.02. The van der Waals surface area contributed by atoms with E-state index in [0.29, 0.717) is 11.3 Å². The highest BCUT2D eigenvalue weighted by atomic mass is 79.9. The van der Waals surface area contributed by atoms with Gasteiger partial charge in [0, 0.05) is 30.7 Å². The summed E-state index contributed by atoms with van der Waals surface area (Å²) in [5.74, 6) is 1.51. The molecule has 102 valence electrons. The molecule has 0 spiro atoms. The van der Waals surface area contributed by atoms with Crippen LogP contribution >= 0.6 is 15.9 Å². The standard InChI is InChI=1S/C15H24BrNO/c1-15(2,3)12(10-16)11-17(4)13-7-6-8-14(9-13)18-5/h6-9,12H,10-11H2,1-5H3. The number of ether oxygens (including phenoxy) is 1. The van der Waals surface area contributed by atoms with Gasteiger partial charge in [-0.1, -0.05) is 42.8 Å². The number of alkyl halides is 1. The molecule has 1 atom stereocenters. The minimum absolute atomic E-state index is 0.302. The van der Waals surface area contributed by atoms with Gasteiger partial charge in [0.05, 0.1) is 7.11 Å². The van der Waals surface area contributed by atoms with Crippen molar-refractivity contribution in [2.45, 2.75) is 20.8 Å². The van der Waals surface area contributed by atoms with Gasteiger partial charge in [-0.05, 0) is 23.5 Å². The zero-order valence-corrected chi connectivity index (χ0v) is 13.6. The smallest absolute Gasteiger partial charge is 0.120 e. The molecule has 0 radical (unpaired) electrons. The van der Waals surface area contributed by atoms with E-state index in [-0.39, 0.29) is 0 Å². The SMILES string of the molecule is COc1cccc(N(C)CC(CBr)C(C)(C)C)c1. The lowest BCUT2D eigenvalue weighted by atomic mass is 9.82. The third kappa shape index (κ3) is 4.20. The van der Waals surface area contributed by atoms with Crippen molar-refractivity contribution >= 4 is 21.6 Å². The zero-order valence-electron chi connectivity index (χ0n) is 12.0. The molecule has 0 N–H and O–H groups in total. The Balaban J connectivity index is 2.77. The minimum Gasteiger partial charge on any atom is -0.497 e. The number of methoxy groups -OCH3 is 1. The zero-order chi connectivity index (χ0) is 13.8. The Labute approximate surface area is 119 Å². The summed E-state index contributed by atoms with van der Waals surface area (Å²) in [5.41, 5.74) is 1.50. The maximum atomic E-state index is 5.27. The van der Waals surface area contributed by atoms with Gasteiger partial charge in [-0.25, -0.2) is 0 Å². The molecule has 18 heavy (non-hydrogen) atoms.